The first-order valence-corrected chi connectivity index (χ1v) is 7.42. The second-order valence-corrected chi connectivity index (χ2v) is 5.12. The molecule has 116 valence electrons. The van der Waals surface area contributed by atoms with Crippen molar-refractivity contribution in [3.05, 3.63) is 65.9 Å². The van der Waals surface area contributed by atoms with E-state index < -0.39 is 0 Å². The molecule has 2 aromatic carbocycles. The van der Waals surface area contributed by atoms with Crippen molar-refractivity contribution in [2.24, 2.45) is 5.10 Å². The van der Waals surface area contributed by atoms with Gasteiger partial charge in [-0.25, -0.2) is 5.43 Å². The van der Waals surface area contributed by atoms with Gasteiger partial charge in [-0.2, -0.15) is 5.10 Å². The van der Waals surface area contributed by atoms with Crippen molar-refractivity contribution >= 4 is 22.5 Å². The molecule has 23 heavy (non-hydrogen) atoms. The van der Waals surface area contributed by atoms with Gasteiger partial charge < -0.3 is 10.1 Å². The van der Waals surface area contributed by atoms with Crippen LogP contribution in [0.1, 0.15) is 29.3 Å². The third-order valence-electron chi connectivity index (χ3n) is 3.68. The van der Waals surface area contributed by atoms with Crippen LogP contribution in [0.4, 0.5) is 0 Å². The lowest BCUT2D eigenvalue weighted by molar-refractivity contribution is 0.0956. The van der Waals surface area contributed by atoms with Gasteiger partial charge in [0.15, 0.2) is 0 Å². The fourth-order valence-corrected chi connectivity index (χ4v) is 2.49. The summed E-state index contributed by atoms with van der Waals surface area (Å²) in [5.74, 6) is -0.140. The number of benzene rings is 2. The Bertz CT molecular complexity index is 881. The summed E-state index contributed by atoms with van der Waals surface area (Å²) in [5, 5.41) is 14.9. The van der Waals surface area contributed by atoms with Crippen LogP contribution in [0.25, 0.3) is 10.9 Å². The lowest BCUT2D eigenvalue weighted by Crippen LogP contribution is -2.19. The van der Waals surface area contributed by atoms with E-state index in [0.29, 0.717) is 23.3 Å². The topological polar surface area (TPSA) is 77.5 Å². The molecule has 0 aliphatic rings. The van der Waals surface area contributed by atoms with Crippen LogP contribution >= 0.6 is 0 Å². The molecule has 1 heterocycles. The van der Waals surface area contributed by atoms with Crippen molar-refractivity contribution in [1.29, 1.82) is 0 Å². The molecule has 0 unspecified atom stereocenters. The summed E-state index contributed by atoms with van der Waals surface area (Å²) < 4.78 is 0. The fourth-order valence-electron chi connectivity index (χ4n) is 2.49. The number of hydrogen-bond donors (Lipinski definition) is 3. The first-order chi connectivity index (χ1) is 11.2. The Morgan fingerprint density at radius 1 is 1.13 bits per heavy atom. The third kappa shape index (κ3) is 2.94. The number of fused-ring (bicyclic) bond motifs is 1. The predicted molar refractivity (Wildman–Crippen MR) is 90.7 cm³/mol. The molecule has 3 N–H and O–H groups in total. The van der Waals surface area contributed by atoms with Crippen LogP contribution in [0.2, 0.25) is 0 Å². The van der Waals surface area contributed by atoms with Gasteiger partial charge in [0.25, 0.3) is 5.91 Å². The molecule has 1 amide bonds. The zero-order valence-electron chi connectivity index (χ0n) is 12.7. The van der Waals surface area contributed by atoms with Gasteiger partial charge in [0, 0.05) is 22.7 Å². The molecule has 0 radical (unpaired) electrons. The monoisotopic (exact) mass is 307 g/mol. The molecule has 0 atom stereocenters. The molecule has 5 heteroatoms. The lowest BCUT2D eigenvalue weighted by atomic mass is 10.1. The maximum absolute atomic E-state index is 12.4. The molecule has 0 fully saturated rings. The summed E-state index contributed by atoms with van der Waals surface area (Å²) in [5.41, 5.74) is 5.25. The highest BCUT2D eigenvalue weighted by Gasteiger charge is 2.12. The van der Waals surface area contributed by atoms with Gasteiger partial charge in [0.2, 0.25) is 0 Å². The van der Waals surface area contributed by atoms with Gasteiger partial charge in [0.05, 0.1) is 11.3 Å². The molecule has 3 rings (SSSR count). The second-order valence-electron chi connectivity index (χ2n) is 5.12. The third-order valence-corrected chi connectivity index (χ3v) is 3.68. The highest BCUT2D eigenvalue weighted by molar-refractivity contribution is 6.08. The number of phenolic OH excluding ortho intramolecular Hbond substituents is 1. The van der Waals surface area contributed by atoms with E-state index in [1.807, 2.05) is 37.3 Å². The summed E-state index contributed by atoms with van der Waals surface area (Å²) in [4.78, 5) is 15.4. The average Bonchev–Trinajstić information content (AvgIpc) is 3.01. The molecule has 3 aromatic rings. The van der Waals surface area contributed by atoms with Gasteiger partial charge in [-0.3, -0.25) is 4.79 Å². The van der Waals surface area contributed by atoms with E-state index in [4.69, 9.17) is 0 Å². The largest absolute Gasteiger partial charge is 0.507 e. The van der Waals surface area contributed by atoms with E-state index in [-0.39, 0.29) is 11.7 Å². The number of hydrogen-bond acceptors (Lipinski definition) is 3. The highest BCUT2D eigenvalue weighted by Crippen LogP contribution is 2.19. The Hall–Kier alpha value is -3.08. The smallest absolute Gasteiger partial charge is 0.273 e. The molecule has 0 saturated carbocycles. The molecule has 0 spiro atoms. The predicted octanol–water partition coefficient (Wildman–Crippen LogP) is 3.42. The van der Waals surface area contributed by atoms with Crippen molar-refractivity contribution < 1.29 is 9.90 Å². The molecule has 0 bridgehead atoms. The number of phenols is 1. The number of carbonyl (C=O) groups is 1. The summed E-state index contributed by atoms with van der Waals surface area (Å²) in [6.07, 6.45) is 2.26. The Morgan fingerprint density at radius 3 is 2.65 bits per heavy atom. The van der Waals surface area contributed by atoms with Gasteiger partial charge >= 0.3 is 0 Å². The van der Waals surface area contributed by atoms with Gasteiger partial charge in [-0.05, 0) is 24.6 Å². The van der Waals surface area contributed by atoms with Crippen LogP contribution in [0, 0.1) is 0 Å². The Kier molecular flexibility index (Phi) is 4.10. The maximum Gasteiger partial charge on any atom is 0.273 e. The second kappa shape index (κ2) is 6.36. The fraction of sp³-hybridized carbons (Fsp3) is 0.111. The highest BCUT2D eigenvalue weighted by atomic mass is 16.3. The normalized spacial score (nSPS) is 11.6. The van der Waals surface area contributed by atoms with Crippen molar-refractivity contribution in [3.8, 4) is 5.75 Å². The SMILES string of the molecule is CC/C(=N\NC(=O)c1c[nH]c2ccccc12)c1ccccc1O. The number of nitrogens with zero attached hydrogens (tertiary/aromatic N) is 1. The number of nitrogens with one attached hydrogen (secondary N) is 2. The van der Waals surface area contributed by atoms with Crippen LogP contribution in [0.5, 0.6) is 5.75 Å². The Morgan fingerprint density at radius 2 is 1.87 bits per heavy atom. The molecule has 0 aliphatic carbocycles. The van der Waals surface area contributed by atoms with E-state index in [0.717, 1.165) is 10.9 Å². The van der Waals surface area contributed by atoms with E-state index in [9.17, 15) is 9.90 Å². The lowest BCUT2D eigenvalue weighted by Gasteiger charge is -2.07. The van der Waals surface area contributed by atoms with Crippen molar-refractivity contribution in [2.45, 2.75) is 13.3 Å². The van der Waals surface area contributed by atoms with Crippen LogP contribution in [0.15, 0.2) is 59.8 Å². The standard InChI is InChI=1S/C18H17N3O2/c1-2-15(13-8-4-6-10-17(13)22)20-21-18(23)14-11-19-16-9-5-3-7-12(14)16/h3-11,19,22H,2H2,1H3,(H,21,23)/b20-15+. The quantitative estimate of drug-likeness (QED) is 0.510. The maximum atomic E-state index is 12.4. The summed E-state index contributed by atoms with van der Waals surface area (Å²) in [6.45, 7) is 1.92. The van der Waals surface area contributed by atoms with Crippen molar-refractivity contribution in [1.82, 2.24) is 10.4 Å². The van der Waals surface area contributed by atoms with E-state index in [2.05, 4.69) is 15.5 Å². The number of H-pyrrole nitrogens is 1. The Labute approximate surface area is 133 Å². The molecular weight excluding hydrogens is 290 g/mol. The molecule has 5 nitrogen and oxygen atoms in total. The number of rotatable bonds is 4. The number of aromatic hydroxyl groups is 1. The van der Waals surface area contributed by atoms with Crippen LogP contribution in [-0.2, 0) is 0 Å². The van der Waals surface area contributed by atoms with Crippen molar-refractivity contribution in [2.75, 3.05) is 0 Å². The van der Waals surface area contributed by atoms with Crippen molar-refractivity contribution in [3.63, 3.8) is 0 Å². The van der Waals surface area contributed by atoms with Gasteiger partial charge in [-0.15, -0.1) is 0 Å². The van der Waals surface area contributed by atoms with Gasteiger partial charge in [-0.1, -0.05) is 37.3 Å². The minimum atomic E-state index is -0.288. The summed E-state index contributed by atoms with van der Waals surface area (Å²) in [7, 11) is 0. The summed E-state index contributed by atoms with van der Waals surface area (Å²) in [6, 6.07) is 14.5. The number of aromatic amines is 1. The minimum Gasteiger partial charge on any atom is -0.507 e. The van der Waals surface area contributed by atoms with E-state index in [1.165, 1.54) is 0 Å². The first-order valence-electron chi connectivity index (χ1n) is 7.42. The average molecular weight is 307 g/mol. The van der Waals surface area contributed by atoms with E-state index >= 15 is 0 Å². The van der Waals surface area contributed by atoms with E-state index in [1.54, 1.807) is 24.4 Å². The number of carbonyl (C=O) groups excluding carboxylic acids is 1. The van der Waals surface area contributed by atoms with Crippen LogP contribution in [0.3, 0.4) is 0 Å². The molecular formula is C18H17N3O2. The number of aromatic nitrogens is 1. The number of hydrazone groups is 1. The minimum absolute atomic E-state index is 0.148. The molecule has 0 aliphatic heterocycles. The zero-order valence-corrected chi connectivity index (χ0v) is 12.7. The van der Waals surface area contributed by atoms with Gasteiger partial charge in [0.1, 0.15) is 5.75 Å². The molecule has 0 saturated heterocycles. The van der Waals surface area contributed by atoms with Crippen LogP contribution < -0.4 is 5.43 Å². The first kappa shape index (κ1) is 14.8. The molecule has 1 aromatic heterocycles. The Balaban J connectivity index is 1.86. The number of para-hydroxylation sites is 2. The summed E-state index contributed by atoms with van der Waals surface area (Å²) >= 11 is 0. The van der Waals surface area contributed by atoms with Crippen LogP contribution in [-0.4, -0.2) is 21.7 Å². The zero-order chi connectivity index (χ0) is 16.2. The number of amides is 1.